The van der Waals surface area contributed by atoms with Gasteiger partial charge in [-0.3, -0.25) is 10.8 Å². The van der Waals surface area contributed by atoms with Crippen LogP contribution in [0.2, 0.25) is 0 Å². The second kappa shape index (κ2) is 7.95. The minimum absolute atomic E-state index is 0.0628. The molecular weight excluding hydrogens is 371 g/mol. The van der Waals surface area contributed by atoms with Gasteiger partial charge < -0.3 is 5.32 Å². The molecule has 1 fully saturated rings. The lowest BCUT2D eigenvalue weighted by Gasteiger charge is -2.49. The van der Waals surface area contributed by atoms with E-state index >= 15 is 0 Å². The van der Waals surface area contributed by atoms with E-state index in [1.54, 1.807) is 6.07 Å². The zero-order chi connectivity index (χ0) is 19.7. The molecule has 0 amide bonds. The van der Waals surface area contributed by atoms with Crippen molar-refractivity contribution >= 4 is 21.8 Å². The average Bonchev–Trinajstić information content (AvgIpc) is 2.65. The minimum Gasteiger partial charge on any atom is -0.320 e. The Balaban J connectivity index is 1.94. The molecule has 0 heterocycles. The Morgan fingerprint density at radius 1 is 1.26 bits per heavy atom. The van der Waals surface area contributed by atoms with Crippen molar-refractivity contribution in [3.8, 4) is 0 Å². The zero-order valence-corrected chi connectivity index (χ0v) is 16.3. The highest BCUT2D eigenvalue weighted by molar-refractivity contribution is 8.27. The maximum absolute atomic E-state index is 12.7. The van der Waals surface area contributed by atoms with Crippen molar-refractivity contribution in [3.63, 3.8) is 0 Å². The molecule has 0 saturated heterocycles. The molecule has 0 aliphatic heterocycles. The van der Waals surface area contributed by atoms with Gasteiger partial charge in [0.1, 0.15) is 5.04 Å². The van der Waals surface area contributed by atoms with Gasteiger partial charge in [-0.1, -0.05) is 25.0 Å². The first-order valence-corrected chi connectivity index (χ1v) is 10.3. The molecule has 1 unspecified atom stereocenters. The molecule has 0 bridgehead atoms. The Morgan fingerprint density at radius 3 is 2.74 bits per heavy atom. The molecular formula is C20H26F3N3S. The Labute approximate surface area is 162 Å². The molecule has 0 radical (unpaired) electrons. The third-order valence-corrected chi connectivity index (χ3v) is 7.04. The van der Waals surface area contributed by atoms with E-state index in [1.807, 2.05) is 19.2 Å². The fourth-order valence-corrected chi connectivity index (χ4v) is 5.41. The van der Waals surface area contributed by atoms with Crippen molar-refractivity contribution in [1.29, 1.82) is 10.8 Å². The van der Waals surface area contributed by atoms with E-state index in [9.17, 15) is 13.2 Å². The van der Waals surface area contributed by atoms with Gasteiger partial charge in [0.15, 0.2) is 5.04 Å². The summed E-state index contributed by atoms with van der Waals surface area (Å²) in [5, 5.41) is 16.9. The first kappa shape index (κ1) is 20.4. The maximum atomic E-state index is 12.7. The molecule has 1 aromatic rings. The van der Waals surface area contributed by atoms with Gasteiger partial charge >= 0.3 is 6.18 Å². The van der Waals surface area contributed by atoms with Gasteiger partial charge in [-0.05, 0) is 86.0 Å². The first-order chi connectivity index (χ1) is 12.8. The van der Waals surface area contributed by atoms with Crippen molar-refractivity contribution in [1.82, 2.24) is 5.32 Å². The first-order valence-electron chi connectivity index (χ1n) is 9.48. The number of aryl methyl sites for hydroxylation is 1. The number of hydrogen-bond acceptors (Lipinski definition) is 4. The molecule has 3 rings (SSSR count). The predicted octanol–water partition coefficient (Wildman–Crippen LogP) is 5.27. The topological polar surface area (TPSA) is 59.7 Å². The van der Waals surface area contributed by atoms with Crippen molar-refractivity contribution < 1.29 is 13.2 Å². The molecule has 3 nitrogen and oxygen atoms in total. The Hall–Kier alpha value is -1.34. The van der Waals surface area contributed by atoms with E-state index in [0.717, 1.165) is 25.8 Å². The molecule has 3 N–H and O–H groups in total. The van der Waals surface area contributed by atoms with Gasteiger partial charge in [-0.2, -0.15) is 13.2 Å². The van der Waals surface area contributed by atoms with E-state index < -0.39 is 11.2 Å². The molecule has 1 aromatic carbocycles. The average molecular weight is 398 g/mol. The lowest BCUT2D eigenvalue weighted by molar-refractivity contribution is -0.0560. The molecule has 0 spiro atoms. The number of rotatable bonds is 4. The van der Waals surface area contributed by atoms with E-state index in [0.29, 0.717) is 11.5 Å². The van der Waals surface area contributed by atoms with Crippen LogP contribution in [0.25, 0.3) is 0 Å². The fourth-order valence-electron chi connectivity index (χ4n) is 4.85. The van der Waals surface area contributed by atoms with Gasteiger partial charge in [-0.15, -0.1) is 0 Å². The molecule has 27 heavy (non-hydrogen) atoms. The van der Waals surface area contributed by atoms with E-state index in [-0.39, 0.29) is 22.2 Å². The van der Waals surface area contributed by atoms with Gasteiger partial charge in [0, 0.05) is 5.56 Å². The third-order valence-electron chi connectivity index (χ3n) is 6.16. The summed E-state index contributed by atoms with van der Waals surface area (Å²) in [6.45, 7) is 0.908. The highest BCUT2D eigenvalue weighted by Crippen LogP contribution is 2.52. The molecule has 7 heteroatoms. The van der Waals surface area contributed by atoms with E-state index in [2.05, 4.69) is 5.32 Å². The molecule has 148 valence electrons. The van der Waals surface area contributed by atoms with Gasteiger partial charge in [0.05, 0.1) is 0 Å². The molecule has 1 saturated carbocycles. The van der Waals surface area contributed by atoms with Crippen LogP contribution in [0.15, 0.2) is 18.2 Å². The summed E-state index contributed by atoms with van der Waals surface area (Å²) in [6.07, 6.45) is 3.22. The number of halogens is 3. The van der Waals surface area contributed by atoms with Crippen molar-refractivity contribution in [2.24, 2.45) is 5.92 Å². The number of fused-ring (bicyclic) bond motifs is 3. The molecule has 0 aromatic heterocycles. The van der Waals surface area contributed by atoms with Crippen LogP contribution in [-0.4, -0.2) is 29.9 Å². The number of thioether (sulfide) groups is 1. The highest BCUT2D eigenvalue weighted by atomic mass is 32.2. The van der Waals surface area contributed by atoms with Crippen LogP contribution in [0.4, 0.5) is 13.2 Å². The molecule has 2 aliphatic carbocycles. The van der Waals surface area contributed by atoms with E-state index in [1.165, 1.54) is 36.8 Å². The Bertz CT molecular complexity index is 732. The van der Waals surface area contributed by atoms with Crippen molar-refractivity contribution in [2.45, 2.75) is 56.5 Å². The minimum atomic E-state index is -4.70. The fraction of sp³-hybridized carbons (Fsp3) is 0.600. The van der Waals surface area contributed by atoms with Gasteiger partial charge in [-0.25, -0.2) is 0 Å². The number of nitrogens with one attached hydrogen (secondary N) is 3. The van der Waals surface area contributed by atoms with Gasteiger partial charge in [0.25, 0.3) is 0 Å². The standard InChI is InChI=1S/C20H26F3N3S/c1-26-11-10-19-9-3-2-4-15(19)8-7-13-5-6-14(12-16(13)19)17(24)27-18(25)20(21,22)23/h5-6,12,15,24-26H,2-4,7-11H2,1H3/t15?,19-/m0/s1. The normalized spacial score (nSPS) is 24.8. The van der Waals surface area contributed by atoms with Crippen molar-refractivity contribution in [2.75, 3.05) is 13.6 Å². The summed E-state index contributed by atoms with van der Waals surface area (Å²) in [4.78, 5) is 0. The van der Waals surface area contributed by atoms with Crippen LogP contribution in [-0.2, 0) is 11.8 Å². The van der Waals surface area contributed by atoms with E-state index in [4.69, 9.17) is 10.8 Å². The number of benzene rings is 1. The van der Waals surface area contributed by atoms with Crippen LogP contribution < -0.4 is 5.32 Å². The summed E-state index contributed by atoms with van der Waals surface area (Å²) in [5.74, 6) is 0.609. The zero-order valence-electron chi connectivity index (χ0n) is 15.5. The number of hydrogen-bond donors (Lipinski definition) is 3. The largest absolute Gasteiger partial charge is 0.439 e. The second-order valence-corrected chi connectivity index (χ2v) is 8.64. The lowest BCUT2D eigenvalue weighted by Crippen LogP contribution is -2.43. The van der Waals surface area contributed by atoms with Crippen LogP contribution in [0.3, 0.4) is 0 Å². The summed E-state index contributed by atoms with van der Waals surface area (Å²) < 4.78 is 38.0. The van der Waals surface area contributed by atoms with Crippen molar-refractivity contribution in [3.05, 3.63) is 34.9 Å². The smallest absolute Gasteiger partial charge is 0.320 e. The Kier molecular flexibility index (Phi) is 6.01. The maximum Gasteiger partial charge on any atom is 0.439 e. The summed E-state index contributed by atoms with van der Waals surface area (Å²) >= 11 is 0.186. The van der Waals surface area contributed by atoms with Crippen LogP contribution in [0.5, 0.6) is 0 Å². The van der Waals surface area contributed by atoms with Gasteiger partial charge in [0.2, 0.25) is 0 Å². The predicted molar refractivity (Wildman–Crippen MR) is 105 cm³/mol. The monoisotopic (exact) mass is 397 g/mol. The van der Waals surface area contributed by atoms with Crippen LogP contribution >= 0.6 is 11.8 Å². The Morgan fingerprint density at radius 2 is 2.04 bits per heavy atom. The third kappa shape index (κ3) is 4.09. The second-order valence-electron chi connectivity index (χ2n) is 7.62. The summed E-state index contributed by atoms with van der Waals surface area (Å²) in [5.41, 5.74) is 3.06. The highest BCUT2D eigenvalue weighted by Gasteiger charge is 2.45. The number of alkyl halides is 3. The lowest BCUT2D eigenvalue weighted by atomic mass is 9.55. The summed E-state index contributed by atoms with van der Waals surface area (Å²) in [7, 11) is 1.95. The molecule has 2 atom stereocenters. The van der Waals surface area contributed by atoms with Crippen LogP contribution in [0, 0.1) is 16.7 Å². The van der Waals surface area contributed by atoms with Crippen LogP contribution in [0.1, 0.15) is 55.2 Å². The SMILES string of the molecule is CNCC[C@@]12CCCCC1CCc1ccc(C(=N)SC(=N)C(F)(F)F)cc12. The quantitative estimate of drug-likeness (QED) is 0.479. The summed E-state index contributed by atoms with van der Waals surface area (Å²) in [6, 6.07) is 5.68. The molecule has 2 aliphatic rings.